The van der Waals surface area contributed by atoms with Gasteiger partial charge in [-0.1, -0.05) is 39.8 Å². The van der Waals surface area contributed by atoms with E-state index in [1.165, 1.54) is 11.1 Å². The minimum absolute atomic E-state index is 0.0295. The molecule has 0 aliphatic rings. The van der Waals surface area contributed by atoms with E-state index >= 15 is 0 Å². The molecule has 0 aliphatic heterocycles. The van der Waals surface area contributed by atoms with Crippen molar-refractivity contribution in [3.63, 3.8) is 0 Å². The van der Waals surface area contributed by atoms with Gasteiger partial charge >= 0.3 is 0 Å². The molecule has 0 bridgehead atoms. The molecule has 0 amide bonds. The maximum atomic E-state index is 5.97. The number of aryl methyl sites for hydroxylation is 1. The quantitative estimate of drug-likeness (QED) is 0.903. The predicted molar refractivity (Wildman–Crippen MR) is 83.2 cm³/mol. The summed E-state index contributed by atoms with van der Waals surface area (Å²) in [6.45, 7) is 8.73. The monoisotopic (exact) mass is 270 g/mol. The van der Waals surface area contributed by atoms with Crippen molar-refractivity contribution in [2.45, 2.75) is 39.5 Å². The van der Waals surface area contributed by atoms with Crippen LogP contribution in [0.5, 0.6) is 11.5 Å². The van der Waals surface area contributed by atoms with E-state index in [0.717, 1.165) is 12.2 Å². The number of hydrogen-bond donors (Lipinski definition) is 1. The number of benzene rings is 1. The molecule has 1 aromatic heterocycles. The molecule has 20 heavy (non-hydrogen) atoms. The molecule has 0 aliphatic carbocycles. The lowest BCUT2D eigenvalue weighted by Crippen LogP contribution is -2.13. The molecule has 106 valence electrons. The largest absolute Gasteiger partial charge is 0.455 e. The van der Waals surface area contributed by atoms with E-state index in [0.29, 0.717) is 11.6 Å². The Bertz CT molecular complexity index is 583. The fraction of sp³-hybridized carbons (Fsp3) is 0.353. The molecule has 0 unspecified atom stereocenters. The lowest BCUT2D eigenvalue weighted by Gasteiger charge is -2.23. The first-order chi connectivity index (χ1) is 9.40. The molecule has 3 heteroatoms. The third kappa shape index (κ3) is 3.29. The minimum Gasteiger partial charge on any atom is -0.455 e. The molecule has 3 nitrogen and oxygen atoms in total. The van der Waals surface area contributed by atoms with E-state index in [4.69, 9.17) is 10.5 Å². The Morgan fingerprint density at radius 2 is 1.90 bits per heavy atom. The molecule has 2 aromatic rings. The minimum atomic E-state index is 0.0295. The summed E-state index contributed by atoms with van der Waals surface area (Å²) < 4.78 is 5.97. The lowest BCUT2D eigenvalue weighted by atomic mass is 9.85. The summed E-state index contributed by atoms with van der Waals surface area (Å²) >= 11 is 0. The van der Waals surface area contributed by atoms with Crippen LogP contribution >= 0.6 is 0 Å². The smallest absolute Gasteiger partial charge is 0.145 e. The van der Waals surface area contributed by atoms with Crippen LogP contribution in [0.15, 0.2) is 36.5 Å². The first kappa shape index (κ1) is 14.4. The van der Waals surface area contributed by atoms with Gasteiger partial charge in [0, 0.05) is 5.56 Å². The summed E-state index contributed by atoms with van der Waals surface area (Å²) in [6.07, 6.45) is 2.67. The van der Waals surface area contributed by atoms with E-state index in [9.17, 15) is 0 Å². The number of anilines is 1. The molecule has 2 N–H and O–H groups in total. The highest BCUT2D eigenvalue weighted by Crippen LogP contribution is 2.35. The Kier molecular flexibility index (Phi) is 3.98. The third-order valence-corrected chi connectivity index (χ3v) is 3.25. The van der Waals surface area contributed by atoms with Gasteiger partial charge in [-0.05, 0) is 35.6 Å². The SMILES string of the molecule is CCc1ccc(Oc2ccc(N)nc2)c(C(C)(C)C)c1. The van der Waals surface area contributed by atoms with Crippen molar-refractivity contribution < 1.29 is 4.74 Å². The standard InChI is InChI=1S/C17H22N2O/c1-5-12-6-8-15(14(10-12)17(2,3)4)20-13-7-9-16(18)19-11-13/h6-11H,5H2,1-4H3,(H2,18,19). The Hall–Kier alpha value is -2.03. The predicted octanol–water partition coefficient (Wildman–Crippen LogP) is 4.32. The van der Waals surface area contributed by atoms with E-state index in [1.807, 2.05) is 12.1 Å². The van der Waals surface area contributed by atoms with Crippen LogP contribution in [0.4, 0.5) is 5.82 Å². The molecule has 0 spiro atoms. The summed E-state index contributed by atoms with van der Waals surface area (Å²) in [5.41, 5.74) is 8.14. The molecule has 0 saturated heterocycles. The van der Waals surface area contributed by atoms with Gasteiger partial charge in [0.2, 0.25) is 0 Å². The first-order valence-corrected chi connectivity index (χ1v) is 6.93. The van der Waals surface area contributed by atoms with Crippen LogP contribution in [0.2, 0.25) is 0 Å². The first-order valence-electron chi connectivity index (χ1n) is 6.93. The van der Waals surface area contributed by atoms with Crippen molar-refractivity contribution in [1.29, 1.82) is 0 Å². The topological polar surface area (TPSA) is 48.1 Å². The van der Waals surface area contributed by atoms with Crippen LogP contribution in [-0.4, -0.2) is 4.98 Å². The fourth-order valence-electron chi connectivity index (χ4n) is 2.05. The van der Waals surface area contributed by atoms with Crippen LogP contribution < -0.4 is 10.5 Å². The van der Waals surface area contributed by atoms with Gasteiger partial charge < -0.3 is 10.5 Å². The highest BCUT2D eigenvalue weighted by Gasteiger charge is 2.19. The van der Waals surface area contributed by atoms with Crippen LogP contribution in [0.25, 0.3) is 0 Å². The Balaban J connectivity index is 2.38. The van der Waals surface area contributed by atoms with Crippen molar-refractivity contribution in [1.82, 2.24) is 4.98 Å². The molecule has 1 heterocycles. The van der Waals surface area contributed by atoms with Crippen molar-refractivity contribution in [3.05, 3.63) is 47.7 Å². The summed E-state index contributed by atoms with van der Waals surface area (Å²) in [5, 5.41) is 0. The van der Waals surface area contributed by atoms with Gasteiger partial charge in [-0.3, -0.25) is 0 Å². The molecule has 0 fully saturated rings. The van der Waals surface area contributed by atoms with Gasteiger partial charge in [-0.2, -0.15) is 0 Å². The van der Waals surface area contributed by atoms with Crippen LogP contribution in [-0.2, 0) is 11.8 Å². The zero-order valence-electron chi connectivity index (χ0n) is 12.6. The van der Waals surface area contributed by atoms with Crippen LogP contribution in [0.1, 0.15) is 38.8 Å². The Morgan fingerprint density at radius 1 is 1.15 bits per heavy atom. The number of nitrogens with two attached hydrogens (primary N) is 1. The number of aromatic nitrogens is 1. The molecule has 2 rings (SSSR count). The zero-order valence-corrected chi connectivity index (χ0v) is 12.6. The molecule has 0 atom stereocenters. The normalized spacial score (nSPS) is 11.4. The second-order valence-corrected chi connectivity index (χ2v) is 5.95. The molecule has 0 saturated carbocycles. The van der Waals surface area contributed by atoms with Gasteiger partial charge in [-0.15, -0.1) is 0 Å². The molecule has 0 radical (unpaired) electrons. The van der Waals surface area contributed by atoms with E-state index in [2.05, 4.69) is 44.8 Å². The second-order valence-electron chi connectivity index (χ2n) is 5.95. The number of hydrogen-bond acceptors (Lipinski definition) is 3. The maximum absolute atomic E-state index is 5.97. The number of pyridine rings is 1. The van der Waals surface area contributed by atoms with Crippen LogP contribution in [0, 0.1) is 0 Å². The van der Waals surface area contributed by atoms with Crippen molar-refractivity contribution in [3.8, 4) is 11.5 Å². The third-order valence-electron chi connectivity index (χ3n) is 3.25. The molecular formula is C17H22N2O. The average molecular weight is 270 g/mol. The van der Waals surface area contributed by atoms with E-state index in [1.54, 1.807) is 12.3 Å². The van der Waals surface area contributed by atoms with E-state index in [-0.39, 0.29) is 5.41 Å². The lowest BCUT2D eigenvalue weighted by molar-refractivity contribution is 0.453. The van der Waals surface area contributed by atoms with Crippen molar-refractivity contribution >= 4 is 5.82 Å². The summed E-state index contributed by atoms with van der Waals surface area (Å²) in [4.78, 5) is 4.05. The average Bonchev–Trinajstić information content (AvgIpc) is 2.40. The zero-order chi connectivity index (χ0) is 14.8. The molecular weight excluding hydrogens is 248 g/mol. The van der Waals surface area contributed by atoms with Crippen LogP contribution in [0.3, 0.4) is 0 Å². The van der Waals surface area contributed by atoms with Gasteiger partial charge in [0.25, 0.3) is 0 Å². The second kappa shape index (κ2) is 5.53. The van der Waals surface area contributed by atoms with Gasteiger partial charge in [0.15, 0.2) is 0 Å². The van der Waals surface area contributed by atoms with Crippen molar-refractivity contribution in [2.24, 2.45) is 0 Å². The highest BCUT2D eigenvalue weighted by atomic mass is 16.5. The highest BCUT2D eigenvalue weighted by molar-refractivity contribution is 5.44. The maximum Gasteiger partial charge on any atom is 0.145 e. The summed E-state index contributed by atoms with van der Waals surface area (Å²) in [7, 11) is 0. The number of ether oxygens (including phenoxy) is 1. The summed E-state index contributed by atoms with van der Waals surface area (Å²) in [5.74, 6) is 2.07. The number of nitrogens with zero attached hydrogens (tertiary/aromatic N) is 1. The van der Waals surface area contributed by atoms with Gasteiger partial charge in [0.05, 0.1) is 6.20 Å². The Morgan fingerprint density at radius 3 is 2.45 bits per heavy atom. The van der Waals surface area contributed by atoms with Gasteiger partial charge in [0.1, 0.15) is 17.3 Å². The number of nitrogen functional groups attached to an aromatic ring is 1. The fourth-order valence-corrected chi connectivity index (χ4v) is 2.05. The Labute approximate surface area is 120 Å². The van der Waals surface area contributed by atoms with Crippen molar-refractivity contribution in [2.75, 3.05) is 5.73 Å². The molecule has 1 aromatic carbocycles. The van der Waals surface area contributed by atoms with Gasteiger partial charge in [-0.25, -0.2) is 4.98 Å². The number of rotatable bonds is 3. The van der Waals surface area contributed by atoms with E-state index < -0.39 is 0 Å². The summed E-state index contributed by atoms with van der Waals surface area (Å²) in [6, 6.07) is 9.94.